The van der Waals surface area contributed by atoms with Crippen molar-refractivity contribution in [1.82, 2.24) is 10.2 Å². The third-order valence-corrected chi connectivity index (χ3v) is 5.43. The second-order valence-corrected chi connectivity index (χ2v) is 9.17. The van der Waals surface area contributed by atoms with Gasteiger partial charge in [0.25, 0.3) is 0 Å². The third kappa shape index (κ3) is 6.49. The molecule has 0 bridgehead atoms. The maximum atomic E-state index is 13.3. The van der Waals surface area contributed by atoms with Crippen LogP contribution >= 0.6 is 0 Å². The highest BCUT2D eigenvalue weighted by Crippen LogP contribution is 2.32. The molecule has 1 aliphatic heterocycles. The van der Waals surface area contributed by atoms with Crippen LogP contribution in [0.25, 0.3) is 0 Å². The van der Waals surface area contributed by atoms with Crippen molar-refractivity contribution >= 4 is 11.8 Å². The Bertz CT molecular complexity index is 921. The third-order valence-electron chi connectivity index (χ3n) is 5.43. The molecule has 1 aliphatic rings. The number of nitrogens with zero attached hydrogens (tertiary/aromatic N) is 1. The van der Waals surface area contributed by atoms with Crippen molar-refractivity contribution in [3.8, 4) is 11.5 Å². The van der Waals surface area contributed by atoms with E-state index in [1.807, 2.05) is 76.2 Å². The Morgan fingerprint density at radius 2 is 1.72 bits per heavy atom. The lowest BCUT2D eigenvalue weighted by molar-refractivity contribution is -0.141. The SMILES string of the molecule is CCC(C(=O)NC(C)(C)C)N(CCc1ccccc1)C(=O)CCc1ccc2c(c1)OCO2. The number of rotatable bonds is 9. The van der Waals surface area contributed by atoms with Crippen molar-refractivity contribution in [3.63, 3.8) is 0 Å². The van der Waals surface area contributed by atoms with Crippen LogP contribution in [0.5, 0.6) is 11.5 Å². The number of fused-ring (bicyclic) bond motifs is 1. The van der Waals surface area contributed by atoms with Crippen molar-refractivity contribution in [2.24, 2.45) is 0 Å². The van der Waals surface area contributed by atoms with E-state index in [1.165, 1.54) is 0 Å². The Morgan fingerprint density at radius 3 is 2.41 bits per heavy atom. The molecule has 1 atom stereocenters. The molecule has 2 aromatic carbocycles. The van der Waals surface area contributed by atoms with Crippen molar-refractivity contribution in [3.05, 3.63) is 59.7 Å². The van der Waals surface area contributed by atoms with Gasteiger partial charge in [-0.3, -0.25) is 9.59 Å². The van der Waals surface area contributed by atoms with E-state index in [1.54, 1.807) is 4.90 Å². The average Bonchev–Trinajstić information content (AvgIpc) is 3.22. The van der Waals surface area contributed by atoms with Crippen LogP contribution < -0.4 is 14.8 Å². The van der Waals surface area contributed by atoms with Gasteiger partial charge in [-0.05, 0) is 63.3 Å². The van der Waals surface area contributed by atoms with E-state index < -0.39 is 6.04 Å². The van der Waals surface area contributed by atoms with Crippen LogP contribution in [-0.2, 0) is 22.4 Å². The lowest BCUT2D eigenvalue weighted by Crippen LogP contribution is -2.54. The minimum atomic E-state index is -0.498. The second-order valence-electron chi connectivity index (χ2n) is 9.17. The van der Waals surface area contributed by atoms with Gasteiger partial charge in [0.05, 0.1) is 0 Å². The van der Waals surface area contributed by atoms with Gasteiger partial charge in [0.1, 0.15) is 6.04 Å². The monoisotopic (exact) mass is 438 g/mol. The van der Waals surface area contributed by atoms with Crippen molar-refractivity contribution in [1.29, 1.82) is 0 Å². The molecule has 2 aromatic rings. The fourth-order valence-electron chi connectivity index (χ4n) is 3.84. The van der Waals surface area contributed by atoms with Crippen LogP contribution in [0.1, 0.15) is 51.7 Å². The van der Waals surface area contributed by atoms with E-state index in [2.05, 4.69) is 5.32 Å². The summed E-state index contributed by atoms with van der Waals surface area (Å²) in [4.78, 5) is 28.1. The number of hydrogen-bond acceptors (Lipinski definition) is 4. The second kappa shape index (κ2) is 10.5. The van der Waals surface area contributed by atoms with Crippen LogP contribution in [0, 0.1) is 0 Å². The number of ether oxygens (including phenoxy) is 2. The zero-order valence-electron chi connectivity index (χ0n) is 19.5. The minimum absolute atomic E-state index is 0.0190. The van der Waals surface area contributed by atoms with Crippen molar-refractivity contribution in [2.75, 3.05) is 13.3 Å². The van der Waals surface area contributed by atoms with Crippen LogP contribution in [-0.4, -0.2) is 41.6 Å². The molecule has 3 rings (SSSR count). The summed E-state index contributed by atoms with van der Waals surface area (Å²) < 4.78 is 10.8. The highest BCUT2D eigenvalue weighted by atomic mass is 16.7. The molecular weight excluding hydrogens is 404 g/mol. The number of hydrogen-bond donors (Lipinski definition) is 1. The Balaban J connectivity index is 1.71. The molecule has 0 aliphatic carbocycles. The number of carbonyl (C=O) groups excluding carboxylic acids is 2. The molecule has 0 spiro atoms. The number of carbonyl (C=O) groups is 2. The van der Waals surface area contributed by atoms with Gasteiger partial charge in [0, 0.05) is 18.5 Å². The largest absolute Gasteiger partial charge is 0.454 e. The van der Waals surface area contributed by atoms with Gasteiger partial charge >= 0.3 is 0 Å². The Labute approximate surface area is 190 Å². The molecule has 0 aromatic heterocycles. The van der Waals surface area contributed by atoms with E-state index in [-0.39, 0.29) is 24.1 Å². The summed E-state index contributed by atoms with van der Waals surface area (Å²) >= 11 is 0. The van der Waals surface area contributed by atoms with Crippen LogP contribution in [0.3, 0.4) is 0 Å². The highest BCUT2D eigenvalue weighted by molar-refractivity contribution is 5.88. The Hall–Kier alpha value is -3.02. The zero-order chi connectivity index (χ0) is 23.1. The molecular formula is C26H34N2O4. The average molecular weight is 439 g/mol. The van der Waals surface area contributed by atoms with Gasteiger partial charge in [-0.15, -0.1) is 0 Å². The summed E-state index contributed by atoms with van der Waals surface area (Å²) in [7, 11) is 0. The van der Waals surface area contributed by atoms with E-state index in [4.69, 9.17) is 9.47 Å². The fraction of sp³-hybridized carbons (Fsp3) is 0.462. The van der Waals surface area contributed by atoms with Crippen LogP contribution in [0.4, 0.5) is 0 Å². The van der Waals surface area contributed by atoms with Crippen LogP contribution in [0.15, 0.2) is 48.5 Å². The lowest BCUT2D eigenvalue weighted by Gasteiger charge is -2.33. The summed E-state index contributed by atoms with van der Waals surface area (Å²) in [6.45, 7) is 8.54. The molecule has 32 heavy (non-hydrogen) atoms. The van der Waals surface area contributed by atoms with Gasteiger partial charge in [-0.2, -0.15) is 0 Å². The molecule has 1 unspecified atom stereocenters. The smallest absolute Gasteiger partial charge is 0.243 e. The topological polar surface area (TPSA) is 67.9 Å². The van der Waals surface area contributed by atoms with E-state index in [0.29, 0.717) is 38.0 Å². The van der Waals surface area contributed by atoms with Gasteiger partial charge in [0.15, 0.2) is 11.5 Å². The molecule has 1 heterocycles. The summed E-state index contributed by atoms with van der Waals surface area (Å²) in [6.07, 6.45) is 2.17. The molecule has 0 saturated carbocycles. The maximum absolute atomic E-state index is 13.3. The number of aryl methyl sites for hydroxylation is 1. The molecule has 0 saturated heterocycles. The highest BCUT2D eigenvalue weighted by Gasteiger charge is 2.30. The molecule has 0 fully saturated rings. The lowest BCUT2D eigenvalue weighted by atomic mass is 10.0. The first-order chi connectivity index (χ1) is 15.3. The van der Waals surface area contributed by atoms with Gasteiger partial charge in [-0.25, -0.2) is 0 Å². The summed E-state index contributed by atoms with van der Waals surface area (Å²) in [6, 6.07) is 15.3. The molecule has 0 radical (unpaired) electrons. The maximum Gasteiger partial charge on any atom is 0.243 e. The summed E-state index contributed by atoms with van der Waals surface area (Å²) in [5, 5.41) is 3.04. The number of nitrogens with one attached hydrogen (secondary N) is 1. The normalized spacial score (nSPS) is 13.5. The molecule has 2 amide bonds. The summed E-state index contributed by atoms with van der Waals surface area (Å²) in [5.74, 6) is 1.32. The van der Waals surface area contributed by atoms with Gasteiger partial charge in [-0.1, -0.05) is 43.3 Å². The molecule has 6 nitrogen and oxygen atoms in total. The zero-order valence-corrected chi connectivity index (χ0v) is 19.5. The predicted molar refractivity (Wildman–Crippen MR) is 125 cm³/mol. The Morgan fingerprint density at radius 1 is 1.00 bits per heavy atom. The van der Waals surface area contributed by atoms with Crippen molar-refractivity contribution in [2.45, 2.75) is 65.0 Å². The van der Waals surface area contributed by atoms with E-state index in [9.17, 15) is 9.59 Å². The number of benzene rings is 2. The summed E-state index contributed by atoms with van der Waals surface area (Å²) in [5.41, 5.74) is 1.80. The molecule has 6 heteroatoms. The first-order valence-corrected chi connectivity index (χ1v) is 11.3. The van der Waals surface area contributed by atoms with Gasteiger partial charge in [0.2, 0.25) is 18.6 Å². The van der Waals surface area contributed by atoms with E-state index >= 15 is 0 Å². The first-order valence-electron chi connectivity index (χ1n) is 11.3. The quantitative estimate of drug-likeness (QED) is 0.640. The molecule has 172 valence electrons. The van der Waals surface area contributed by atoms with E-state index in [0.717, 1.165) is 16.9 Å². The predicted octanol–water partition coefficient (Wildman–Crippen LogP) is 4.11. The van der Waals surface area contributed by atoms with Crippen LogP contribution in [0.2, 0.25) is 0 Å². The van der Waals surface area contributed by atoms with Gasteiger partial charge < -0.3 is 19.7 Å². The first kappa shape index (κ1) is 23.6. The minimum Gasteiger partial charge on any atom is -0.454 e. The molecule has 1 N–H and O–H groups in total. The Kier molecular flexibility index (Phi) is 7.78. The number of amides is 2. The van der Waals surface area contributed by atoms with Crippen molar-refractivity contribution < 1.29 is 19.1 Å². The standard InChI is InChI=1S/C26H34N2O4/c1-5-21(25(30)27-26(2,3)4)28(16-15-19-9-7-6-8-10-19)24(29)14-12-20-11-13-22-23(17-20)32-18-31-22/h6-11,13,17,21H,5,12,14-16,18H2,1-4H3,(H,27,30). The fourth-order valence-corrected chi connectivity index (χ4v) is 3.84.